The molecule has 3 aromatic carbocycles. The van der Waals surface area contributed by atoms with E-state index >= 15 is 0 Å². The van der Waals surface area contributed by atoms with Crippen LogP contribution in [-0.2, 0) is 0 Å². The number of carbonyl (C=O) groups excluding carboxylic acids is 2. The number of carbonyl (C=O) groups is 2. The number of halogens is 1. The van der Waals surface area contributed by atoms with Gasteiger partial charge in [-0.05, 0) is 48.5 Å². The Morgan fingerprint density at radius 3 is 2.28 bits per heavy atom. The molecule has 0 saturated heterocycles. The average Bonchev–Trinajstić information content (AvgIpc) is 2.90. The largest absolute Gasteiger partial charge is 0.507 e. The number of phenols is 1. The van der Waals surface area contributed by atoms with Crippen molar-refractivity contribution in [2.45, 2.75) is 0 Å². The van der Waals surface area contributed by atoms with Crippen LogP contribution in [0, 0.1) is 0 Å². The summed E-state index contributed by atoms with van der Waals surface area (Å²) in [5, 5.41) is 13.0. The number of aromatic nitrogens is 1. The van der Waals surface area contributed by atoms with E-state index in [4.69, 9.17) is 9.47 Å². The van der Waals surface area contributed by atoms with Gasteiger partial charge < -0.3 is 19.9 Å². The van der Waals surface area contributed by atoms with Crippen LogP contribution >= 0.6 is 15.9 Å². The number of nitrogens with zero attached hydrogens (tertiary/aromatic N) is 1. The third-order valence-electron chi connectivity index (χ3n) is 5.43. The lowest BCUT2D eigenvalue weighted by Crippen LogP contribution is -2.29. The predicted molar refractivity (Wildman–Crippen MR) is 139 cm³/mol. The van der Waals surface area contributed by atoms with E-state index in [0.29, 0.717) is 27.3 Å². The van der Waals surface area contributed by atoms with Crippen molar-refractivity contribution in [1.82, 2.24) is 4.57 Å². The summed E-state index contributed by atoms with van der Waals surface area (Å²) < 4.78 is 12.4. The first-order chi connectivity index (χ1) is 17.3. The maximum Gasteiger partial charge on any atom is 0.268 e. The number of anilines is 1. The van der Waals surface area contributed by atoms with Crippen LogP contribution in [0.2, 0.25) is 0 Å². The molecule has 9 heteroatoms. The van der Waals surface area contributed by atoms with E-state index in [9.17, 15) is 19.5 Å². The van der Waals surface area contributed by atoms with Crippen molar-refractivity contribution in [1.29, 1.82) is 0 Å². The zero-order valence-corrected chi connectivity index (χ0v) is 20.9. The minimum atomic E-state index is -0.735. The number of methoxy groups -OCH3 is 2. The summed E-state index contributed by atoms with van der Waals surface area (Å²) in [5.41, 5.74) is -0.238. The number of rotatable bonds is 7. The van der Waals surface area contributed by atoms with E-state index in [2.05, 4.69) is 21.2 Å². The minimum absolute atomic E-state index is 0.00527. The molecule has 0 saturated carbocycles. The number of para-hydroxylation sites is 4. The molecule has 4 rings (SSSR count). The Hall–Kier alpha value is -4.37. The number of nitrogens with one attached hydrogen (secondary N) is 1. The maximum absolute atomic E-state index is 13.5. The third kappa shape index (κ3) is 4.87. The fraction of sp³-hybridized carbons (Fsp3) is 0.0741. The van der Waals surface area contributed by atoms with Crippen molar-refractivity contribution in [3.63, 3.8) is 0 Å². The lowest BCUT2D eigenvalue weighted by atomic mass is 10.0. The van der Waals surface area contributed by atoms with Gasteiger partial charge in [-0.3, -0.25) is 19.0 Å². The van der Waals surface area contributed by atoms with Crippen LogP contribution in [0.1, 0.15) is 26.3 Å². The van der Waals surface area contributed by atoms with Crippen LogP contribution in [0.15, 0.2) is 88.3 Å². The monoisotopic (exact) mass is 548 g/mol. The Bertz CT molecular complexity index is 1530. The normalized spacial score (nSPS) is 10.5. The fourth-order valence-electron chi connectivity index (χ4n) is 3.66. The number of ether oxygens (including phenoxy) is 2. The van der Waals surface area contributed by atoms with Crippen LogP contribution in [0.4, 0.5) is 5.69 Å². The molecule has 8 nitrogen and oxygen atoms in total. The van der Waals surface area contributed by atoms with Gasteiger partial charge in [-0.2, -0.15) is 0 Å². The van der Waals surface area contributed by atoms with Crippen molar-refractivity contribution in [2.24, 2.45) is 0 Å². The van der Waals surface area contributed by atoms with E-state index in [1.807, 2.05) is 0 Å². The van der Waals surface area contributed by atoms with Gasteiger partial charge in [-0.1, -0.05) is 40.2 Å². The molecule has 0 fully saturated rings. The number of benzene rings is 3. The number of pyridine rings is 1. The lowest BCUT2D eigenvalue weighted by molar-refractivity contribution is 0.102. The summed E-state index contributed by atoms with van der Waals surface area (Å²) in [7, 11) is 2.91. The molecule has 4 aromatic rings. The van der Waals surface area contributed by atoms with E-state index in [0.717, 1.165) is 0 Å². The molecule has 0 spiro atoms. The Labute approximate surface area is 214 Å². The number of aromatic hydroxyl groups is 1. The van der Waals surface area contributed by atoms with Gasteiger partial charge in [0, 0.05) is 16.2 Å². The molecule has 0 unspecified atom stereocenters. The summed E-state index contributed by atoms with van der Waals surface area (Å²) in [6, 6.07) is 19.1. The van der Waals surface area contributed by atoms with Crippen LogP contribution in [-0.4, -0.2) is 35.6 Å². The molecular weight excluding hydrogens is 528 g/mol. The van der Waals surface area contributed by atoms with E-state index in [1.54, 1.807) is 54.6 Å². The van der Waals surface area contributed by atoms with Crippen molar-refractivity contribution < 1.29 is 24.2 Å². The quantitative estimate of drug-likeness (QED) is 0.321. The molecule has 0 aliphatic heterocycles. The highest BCUT2D eigenvalue weighted by molar-refractivity contribution is 9.10. The topological polar surface area (TPSA) is 107 Å². The maximum atomic E-state index is 13.5. The van der Waals surface area contributed by atoms with Gasteiger partial charge in [0.2, 0.25) is 0 Å². The molecule has 0 aliphatic carbocycles. The Balaban J connectivity index is 1.90. The van der Waals surface area contributed by atoms with Crippen molar-refractivity contribution in [3.8, 4) is 22.9 Å². The summed E-state index contributed by atoms with van der Waals surface area (Å²) in [6.07, 6.45) is 1.32. The van der Waals surface area contributed by atoms with Crippen LogP contribution in [0.5, 0.6) is 17.2 Å². The van der Waals surface area contributed by atoms with E-state index in [1.165, 1.54) is 43.2 Å². The van der Waals surface area contributed by atoms with Gasteiger partial charge >= 0.3 is 0 Å². The van der Waals surface area contributed by atoms with Gasteiger partial charge in [0.15, 0.2) is 5.78 Å². The number of amides is 1. The van der Waals surface area contributed by atoms with Gasteiger partial charge in [-0.25, -0.2) is 0 Å². The fourth-order valence-corrected chi connectivity index (χ4v) is 4.02. The smallest absolute Gasteiger partial charge is 0.268 e. The van der Waals surface area contributed by atoms with Crippen LogP contribution in [0.3, 0.4) is 0 Å². The summed E-state index contributed by atoms with van der Waals surface area (Å²) in [5.74, 6) is -0.781. The number of hydrogen-bond acceptors (Lipinski definition) is 6. The number of phenolic OH excluding ortho intramolecular Hbond substituents is 1. The first kappa shape index (κ1) is 24.7. The summed E-state index contributed by atoms with van der Waals surface area (Å²) in [6.45, 7) is 0. The molecule has 2 N–H and O–H groups in total. The zero-order valence-electron chi connectivity index (χ0n) is 19.3. The van der Waals surface area contributed by atoms with E-state index in [-0.39, 0.29) is 22.4 Å². The highest BCUT2D eigenvalue weighted by Crippen LogP contribution is 2.27. The molecule has 182 valence electrons. The molecule has 1 aromatic heterocycles. The predicted octanol–water partition coefficient (Wildman–Crippen LogP) is 4.81. The van der Waals surface area contributed by atoms with Gasteiger partial charge in [0.05, 0.1) is 31.2 Å². The molecule has 0 bridgehead atoms. The number of hydrogen-bond donors (Lipinski definition) is 2. The summed E-state index contributed by atoms with van der Waals surface area (Å²) in [4.78, 5) is 40.2. The molecule has 1 heterocycles. The summed E-state index contributed by atoms with van der Waals surface area (Å²) >= 11 is 3.30. The second-order valence-electron chi connectivity index (χ2n) is 7.63. The highest BCUT2D eigenvalue weighted by Gasteiger charge is 2.22. The SMILES string of the molecule is COc1ccccc1NC(=O)c1cc(C(=O)c2cc(Br)ccc2O)cn(-c2ccccc2OC)c1=O. The van der Waals surface area contributed by atoms with Crippen LogP contribution < -0.4 is 20.3 Å². The molecule has 0 radical (unpaired) electrons. The lowest BCUT2D eigenvalue weighted by Gasteiger charge is -2.15. The molecule has 1 amide bonds. The van der Waals surface area contributed by atoms with E-state index < -0.39 is 17.2 Å². The zero-order chi connectivity index (χ0) is 25.8. The highest BCUT2D eigenvalue weighted by atomic mass is 79.9. The van der Waals surface area contributed by atoms with Crippen molar-refractivity contribution >= 4 is 33.3 Å². The molecule has 0 atom stereocenters. The second kappa shape index (κ2) is 10.5. The third-order valence-corrected chi connectivity index (χ3v) is 5.92. The average molecular weight is 549 g/mol. The minimum Gasteiger partial charge on any atom is -0.507 e. The first-order valence-corrected chi connectivity index (χ1v) is 11.5. The van der Waals surface area contributed by atoms with Gasteiger partial charge in [0.1, 0.15) is 22.8 Å². The van der Waals surface area contributed by atoms with Crippen LogP contribution in [0.25, 0.3) is 5.69 Å². The molecule has 0 aliphatic rings. The Morgan fingerprint density at radius 2 is 1.56 bits per heavy atom. The Kier molecular flexibility index (Phi) is 7.21. The molecular formula is C27H21BrN2O6. The first-order valence-electron chi connectivity index (χ1n) is 10.7. The van der Waals surface area contributed by atoms with Crippen molar-refractivity contribution in [2.75, 3.05) is 19.5 Å². The van der Waals surface area contributed by atoms with Gasteiger partial charge in [0.25, 0.3) is 11.5 Å². The second-order valence-corrected chi connectivity index (χ2v) is 8.55. The van der Waals surface area contributed by atoms with Crippen molar-refractivity contribution in [3.05, 3.63) is 111 Å². The molecule has 36 heavy (non-hydrogen) atoms. The Morgan fingerprint density at radius 1 is 0.889 bits per heavy atom. The van der Waals surface area contributed by atoms with Gasteiger partial charge in [-0.15, -0.1) is 0 Å². The number of ketones is 1. The standard InChI is InChI=1S/C27H21BrN2O6/c1-35-23-9-5-3-7-20(23)29-26(33)19-13-16(25(32)18-14-17(28)11-12-22(18)31)15-30(27(19)34)21-8-4-6-10-24(21)36-2/h3-15,31H,1-2H3,(H,29,33).